The van der Waals surface area contributed by atoms with Crippen LogP contribution in [0.4, 0.5) is 0 Å². The van der Waals surface area contributed by atoms with E-state index in [0.29, 0.717) is 0 Å². The molecule has 0 unspecified atom stereocenters. The van der Waals surface area contributed by atoms with Crippen LogP contribution in [0.5, 0.6) is 0 Å². The Kier molecular flexibility index (Phi) is 9.06. The van der Waals surface area contributed by atoms with Crippen LogP contribution in [-0.2, 0) is 35.7 Å². The monoisotopic (exact) mass is 550 g/mol. The summed E-state index contributed by atoms with van der Waals surface area (Å²) in [5.74, 6) is -0.621. The van der Waals surface area contributed by atoms with Crippen LogP contribution in [0.25, 0.3) is 0 Å². The summed E-state index contributed by atoms with van der Waals surface area (Å²) < 4.78 is 15.1. The third-order valence-electron chi connectivity index (χ3n) is 8.15. The largest absolute Gasteiger partial charge is 0.338 e. The smallest absolute Gasteiger partial charge is 0.164 e. The summed E-state index contributed by atoms with van der Waals surface area (Å²) in [5.41, 5.74) is 5.37. The molecule has 1 heterocycles. The molecule has 0 spiro atoms. The van der Waals surface area contributed by atoms with Gasteiger partial charge in [-0.2, -0.15) is 0 Å². The first kappa shape index (κ1) is 29.2. The molecule has 2 atom stereocenters. The van der Waals surface area contributed by atoms with E-state index in [1.54, 1.807) is 0 Å². The van der Waals surface area contributed by atoms with E-state index in [1.807, 2.05) is 0 Å². The standard InChI is InChI=1S/C37H46N2O2/c1-37(2)40-35(29-38(3,25-31-17-9-5-10-18-31)26-32-19-11-6-12-20-32)36(41-37)30-39(4,27-33-21-13-7-14-22-33)28-34-23-15-8-16-24-34/h5-24,35-36H,25-30H2,1-4H3/q+2/t35-,36-/m0/s1. The number of benzene rings is 4. The lowest BCUT2D eigenvalue weighted by Crippen LogP contribution is -2.54. The molecule has 4 nitrogen and oxygen atoms in total. The first-order valence-corrected chi connectivity index (χ1v) is 14.9. The summed E-state index contributed by atoms with van der Waals surface area (Å²) in [6.45, 7) is 9.61. The molecule has 0 amide bonds. The fourth-order valence-electron chi connectivity index (χ4n) is 6.55. The highest BCUT2D eigenvalue weighted by Gasteiger charge is 2.48. The Morgan fingerprint density at radius 2 is 0.707 bits per heavy atom. The lowest BCUT2D eigenvalue weighted by molar-refractivity contribution is -0.944. The van der Waals surface area contributed by atoms with Gasteiger partial charge in [-0.3, -0.25) is 0 Å². The second-order valence-electron chi connectivity index (χ2n) is 12.9. The number of quaternary nitrogens is 2. The summed E-state index contributed by atoms with van der Waals surface area (Å²) in [6, 6.07) is 43.4. The van der Waals surface area contributed by atoms with Gasteiger partial charge in [0.05, 0.1) is 14.1 Å². The topological polar surface area (TPSA) is 18.5 Å². The highest BCUT2D eigenvalue weighted by Crippen LogP contribution is 2.33. The van der Waals surface area contributed by atoms with E-state index >= 15 is 0 Å². The second kappa shape index (κ2) is 12.7. The van der Waals surface area contributed by atoms with Gasteiger partial charge in [-0.1, -0.05) is 121 Å². The molecular weight excluding hydrogens is 504 g/mol. The maximum atomic E-state index is 6.73. The van der Waals surface area contributed by atoms with E-state index in [4.69, 9.17) is 9.47 Å². The molecule has 1 aliphatic heterocycles. The van der Waals surface area contributed by atoms with Crippen molar-refractivity contribution >= 4 is 0 Å². The van der Waals surface area contributed by atoms with Crippen LogP contribution in [0.1, 0.15) is 36.1 Å². The van der Waals surface area contributed by atoms with Crippen LogP contribution in [0.15, 0.2) is 121 Å². The molecular formula is C37H46N2O2+2. The Bertz CT molecular complexity index is 1160. The van der Waals surface area contributed by atoms with Gasteiger partial charge in [-0.15, -0.1) is 0 Å². The lowest BCUT2D eigenvalue weighted by Gasteiger charge is -2.40. The van der Waals surface area contributed by atoms with E-state index < -0.39 is 5.79 Å². The number of hydrogen-bond donors (Lipinski definition) is 0. The number of ether oxygens (including phenoxy) is 2. The third kappa shape index (κ3) is 8.37. The van der Waals surface area contributed by atoms with Gasteiger partial charge in [-0.05, 0) is 13.8 Å². The number of likely N-dealkylation sites (N-methyl/N-ethyl adjacent to an activating group) is 2. The molecule has 1 fully saturated rings. The minimum Gasteiger partial charge on any atom is -0.338 e. The van der Waals surface area contributed by atoms with Gasteiger partial charge in [0.15, 0.2) is 5.79 Å². The molecule has 4 aromatic rings. The zero-order chi connectivity index (χ0) is 28.8. The molecule has 41 heavy (non-hydrogen) atoms. The molecule has 0 aliphatic carbocycles. The van der Waals surface area contributed by atoms with Crippen molar-refractivity contribution in [1.29, 1.82) is 0 Å². The molecule has 1 saturated heterocycles. The Morgan fingerprint density at radius 3 is 0.951 bits per heavy atom. The minimum absolute atomic E-state index is 0.0218. The maximum Gasteiger partial charge on any atom is 0.164 e. The molecule has 1 aliphatic rings. The van der Waals surface area contributed by atoms with Crippen molar-refractivity contribution in [3.05, 3.63) is 144 Å². The summed E-state index contributed by atoms with van der Waals surface area (Å²) in [6.07, 6.45) is -0.0437. The highest BCUT2D eigenvalue weighted by atomic mass is 16.8. The average molecular weight is 551 g/mol. The first-order chi connectivity index (χ1) is 19.7. The molecule has 4 heteroatoms. The SMILES string of the molecule is CC1(C)O[C@@H](C[N+](C)(Cc2ccccc2)Cc2ccccc2)[C@H](C[N+](C)(Cc2ccccc2)Cc2ccccc2)O1. The summed E-state index contributed by atoms with van der Waals surface area (Å²) in [7, 11) is 4.74. The van der Waals surface area contributed by atoms with Gasteiger partial charge < -0.3 is 18.4 Å². The Balaban J connectivity index is 1.42. The minimum atomic E-state index is -0.621. The first-order valence-electron chi connectivity index (χ1n) is 14.9. The van der Waals surface area contributed by atoms with Crippen molar-refractivity contribution in [2.75, 3.05) is 27.2 Å². The van der Waals surface area contributed by atoms with Crippen molar-refractivity contribution in [2.24, 2.45) is 0 Å². The van der Waals surface area contributed by atoms with E-state index in [-0.39, 0.29) is 12.2 Å². The van der Waals surface area contributed by atoms with Crippen LogP contribution in [-0.4, -0.2) is 54.1 Å². The Morgan fingerprint density at radius 1 is 0.463 bits per heavy atom. The number of nitrogens with zero attached hydrogens (tertiary/aromatic N) is 2. The van der Waals surface area contributed by atoms with Crippen LogP contribution < -0.4 is 0 Å². The average Bonchev–Trinajstić information content (AvgIpc) is 3.21. The van der Waals surface area contributed by atoms with Gasteiger partial charge >= 0.3 is 0 Å². The van der Waals surface area contributed by atoms with Crippen molar-refractivity contribution in [3.8, 4) is 0 Å². The van der Waals surface area contributed by atoms with Gasteiger partial charge in [0.2, 0.25) is 0 Å². The maximum absolute atomic E-state index is 6.73. The third-order valence-corrected chi connectivity index (χ3v) is 8.15. The molecule has 5 rings (SSSR count). The van der Waals surface area contributed by atoms with Crippen LogP contribution in [0.2, 0.25) is 0 Å². The predicted octanol–water partition coefficient (Wildman–Crippen LogP) is 7.20. The Labute approximate surface area is 247 Å². The van der Waals surface area contributed by atoms with Crippen molar-refractivity contribution in [3.63, 3.8) is 0 Å². The van der Waals surface area contributed by atoms with E-state index in [1.165, 1.54) is 22.3 Å². The fourth-order valence-corrected chi connectivity index (χ4v) is 6.55. The molecule has 0 aromatic heterocycles. The van der Waals surface area contributed by atoms with Crippen LogP contribution >= 0.6 is 0 Å². The molecule has 0 radical (unpaired) electrons. The zero-order valence-corrected chi connectivity index (χ0v) is 25.2. The molecule has 0 bridgehead atoms. The zero-order valence-electron chi connectivity index (χ0n) is 25.2. The quantitative estimate of drug-likeness (QED) is 0.174. The Hall–Kier alpha value is -3.28. The normalized spacial score (nSPS) is 18.8. The van der Waals surface area contributed by atoms with E-state index in [9.17, 15) is 0 Å². The molecule has 214 valence electrons. The van der Waals surface area contributed by atoms with E-state index in [2.05, 4.69) is 149 Å². The predicted molar refractivity (Wildman–Crippen MR) is 167 cm³/mol. The summed E-state index contributed by atoms with van der Waals surface area (Å²) in [4.78, 5) is 0. The second-order valence-corrected chi connectivity index (χ2v) is 12.9. The number of rotatable bonds is 12. The van der Waals surface area contributed by atoms with Crippen LogP contribution in [0, 0.1) is 0 Å². The number of hydrogen-bond acceptors (Lipinski definition) is 2. The van der Waals surface area contributed by atoms with Gasteiger partial charge in [-0.25, -0.2) is 0 Å². The van der Waals surface area contributed by atoms with Gasteiger partial charge in [0, 0.05) is 22.3 Å². The fraction of sp³-hybridized carbons (Fsp3) is 0.351. The molecule has 4 aromatic carbocycles. The van der Waals surface area contributed by atoms with Crippen molar-refractivity contribution in [2.45, 2.75) is 58.0 Å². The highest BCUT2D eigenvalue weighted by molar-refractivity contribution is 5.17. The van der Waals surface area contributed by atoms with Crippen molar-refractivity contribution < 1.29 is 18.4 Å². The van der Waals surface area contributed by atoms with E-state index in [0.717, 1.165) is 48.2 Å². The van der Waals surface area contributed by atoms with Gasteiger partial charge in [0.1, 0.15) is 51.5 Å². The lowest BCUT2D eigenvalue weighted by atomic mass is 10.1. The molecule has 0 N–H and O–H groups in total. The summed E-state index contributed by atoms with van der Waals surface area (Å²) >= 11 is 0. The van der Waals surface area contributed by atoms with Crippen LogP contribution in [0.3, 0.4) is 0 Å². The van der Waals surface area contributed by atoms with Crippen molar-refractivity contribution in [1.82, 2.24) is 0 Å². The summed E-state index contributed by atoms with van der Waals surface area (Å²) in [5, 5.41) is 0. The van der Waals surface area contributed by atoms with Gasteiger partial charge in [0.25, 0.3) is 0 Å². The molecule has 0 saturated carbocycles.